The lowest BCUT2D eigenvalue weighted by Gasteiger charge is -2.21. The highest BCUT2D eigenvalue weighted by Crippen LogP contribution is 2.28. The van der Waals surface area contributed by atoms with Crippen molar-refractivity contribution in [1.82, 2.24) is 5.32 Å². The monoisotopic (exact) mass is 353 g/mol. The van der Waals surface area contributed by atoms with Gasteiger partial charge in [-0.1, -0.05) is 6.07 Å². The number of hydrogen-bond donors (Lipinski definition) is 2. The first kappa shape index (κ1) is 17.5. The summed E-state index contributed by atoms with van der Waals surface area (Å²) in [6, 6.07) is 12.1. The SMILES string of the molecule is N#CC1(NC(=O)COc2cccc(NC(=O)c3ccco3)c2)CCCC1. The summed E-state index contributed by atoms with van der Waals surface area (Å²) in [6.45, 7) is -0.195. The zero-order valence-corrected chi connectivity index (χ0v) is 14.2. The summed E-state index contributed by atoms with van der Waals surface area (Å²) in [4.78, 5) is 24.1. The predicted molar refractivity (Wildman–Crippen MR) is 93.6 cm³/mol. The highest BCUT2D eigenvalue weighted by Gasteiger charge is 2.35. The number of amides is 2. The Kier molecular flexibility index (Phi) is 5.23. The maximum atomic E-state index is 12.1. The molecule has 1 saturated carbocycles. The third-order valence-corrected chi connectivity index (χ3v) is 4.26. The van der Waals surface area contributed by atoms with Gasteiger partial charge < -0.3 is 19.8 Å². The Labute approximate surface area is 150 Å². The molecule has 0 aliphatic heterocycles. The fraction of sp³-hybridized carbons (Fsp3) is 0.316. The lowest BCUT2D eigenvalue weighted by Crippen LogP contribution is -2.47. The molecule has 3 rings (SSSR count). The van der Waals surface area contributed by atoms with E-state index >= 15 is 0 Å². The molecule has 0 saturated heterocycles. The fourth-order valence-electron chi connectivity index (χ4n) is 2.96. The Morgan fingerprint density at radius 1 is 1.23 bits per heavy atom. The van der Waals surface area contributed by atoms with Crippen molar-refractivity contribution in [2.45, 2.75) is 31.2 Å². The van der Waals surface area contributed by atoms with Gasteiger partial charge in [0.2, 0.25) is 0 Å². The van der Waals surface area contributed by atoms with E-state index < -0.39 is 5.54 Å². The van der Waals surface area contributed by atoms with Gasteiger partial charge in [-0.15, -0.1) is 0 Å². The van der Waals surface area contributed by atoms with E-state index in [1.807, 2.05) is 0 Å². The van der Waals surface area contributed by atoms with Crippen molar-refractivity contribution in [1.29, 1.82) is 5.26 Å². The molecule has 0 atom stereocenters. The van der Waals surface area contributed by atoms with Crippen molar-refractivity contribution in [3.8, 4) is 11.8 Å². The lowest BCUT2D eigenvalue weighted by atomic mass is 10.00. The van der Waals surface area contributed by atoms with Crippen LogP contribution in [0.1, 0.15) is 36.2 Å². The number of carbonyl (C=O) groups excluding carboxylic acids is 2. The molecule has 2 aromatic rings. The molecule has 0 bridgehead atoms. The highest BCUT2D eigenvalue weighted by atomic mass is 16.5. The summed E-state index contributed by atoms with van der Waals surface area (Å²) in [5.41, 5.74) is -0.243. The topological polar surface area (TPSA) is 104 Å². The van der Waals surface area contributed by atoms with Gasteiger partial charge in [-0.3, -0.25) is 9.59 Å². The molecule has 1 heterocycles. The van der Waals surface area contributed by atoms with Crippen LogP contribution < -0.4 is 15.4 Å². The summed E-state index contributed by atoms with van der Waals surface area (Å²) >= 11 is 0. The maximum absolute atomic E-state index is 12.1. The van der Waals surface area contributed by atoms with Crippen LogP contribution in [0.4, 0.5) is 5.69 Å². The zero-order chi connectivity index (χ0) is 18.4. The average Bonchev–Trinajstić information content (AvgIpc) is 3.33. The van der Waals surface area contributed by atoms with Gasteiger partial charge in [0.25, 0.3) is 11.8 Å². The first-order valence-corrected chi connectivity index (χ1v) is 8.40. The smallest absolute Gasteiger partial charge is 0.291 e. The van der Waals surface area contributed by atoms with Crippen LogP contribution in [-0.2, 0) is 4.79 Å². The third kappa shape index (κ3) is 4.22. The molecule has 1 aromatic carbocycles. The second-order valence-corrected chi connectivity index (χ2v) is 6.20. The number of anilines is 1. The van der Waals surface area contributed by atoms with Gasteiger partial charge in [0.1, 0.15) is 11.3 Å². The number of ether oxygens (including phenoxy) is 1. The summed E-state index contributed by atoms with van der Waals surface area (Å²) in [6.07, 6.45) is 4.64. The van der Waals surface area contributed by atoms with Gasteiger partial charge in [0, 0.05) is 11.8 Å². The van der Waals surface area contributed by atoms with Gasteiger partial charge in [-0.25, -0.2) is 0 Å². The lowest BCUT2D eigenvalue weighted by molar-refractivity contribution is -0.124. The van der Waals surface area contributed by atoms with E-state index in [0.29, 0.717) is 24.3 Å². The summed E-state index contributed by atoms with van der Waals surface area (Å²) < 4.78 is 10.5. The van der Waals surface area contributed by atoms with Crippen molar-refractivity contribution in [2.75, 3.05) is 11.9 Å². The first-order valence-electron chi connectivity index (χ1n) is 8.40. The van der Waals surface area contributed by atoms with E-state index in [-0.39, 0.29) is 24.2 Å². The van der Waals surface area contributed by atoms with Crippen LogP contribution in [0.2, 0.25) is 0 Å². The van der Waals surface area contributed by atoms with Crippen molar-refractivity contribution in [3.63, 3.8) is 0 Å². The maximum Gasteiger partial charge on any atom is 0.291 e. The second-order valence-electron chi connectivity index (χ2n) is 6.20. The molecule has 0 spiro atoms. The third-order valence-electron chi connectivity index (χ3n) is 4.26. The molecule has 0 unspecified atom stereocenters. The molecule has 2 amide bonds. The Morgan fingerprint density at radius 3 is 2.73 bits per heavy atom. The number of nitrogens with one attached hydrogen (secondary N) is 2. The molecule has 1 aliphatic rings. The minimum absolute atomic E-state index is 0.195. The Hall–Kier alpha value is -3.27. The number of nitrogens with zero attached hydrogens (tertiary/aromatic N) is 1. The molecule has 0 radical (unpaired) electrons. The van der Waals surface area contributed by atoms with Gasteiger partial charge in [-0.05, 0) is 49.9 Å². The normalized spacial score (nSPS) is 15.0. The number of furan rings is 1. The van der Waals surface area contributed by atoms with E-state index in [2.05, 4.69) is 16.7 Å². The second kappa shape index (κ2) is 7.74. The van der Waals surface area contributed by atoms with E-state index in [9.17, 15) is 14.9 Å². The molecule has 134 valence electrons. The zero-order valence-electron chi connectivity index (χ0n) is 14.2. The van der Waals surface area contributed by atoms with Gasteiger partial charge in [0.15, 0.2) is 12.4 Å². The molecule has 1 fully saturated rings. The minimum Gasteiger partial charge on any atom is -0.484 e. The van der Waals surface area contributed by atoms with Crippen molar-refractivity contribution in [2.24, 2.45) is 0 Å². The van der Waals surface area contributed by atoms with Crippen molar-refractivity contribution >= 4 is 17.5 Å². The fourth-order valence-corrected chi connectivity index (χ4v) is 2.96. The highest BCUT2D eigenvalue weighted by molar-refractivity contribution is 6.02. The quantitative estimate of drug-likeness (QED) is 0.831. The van der Waals surface area contributed by atoms with Crippen molar-refractivity contribution < 1.29 is 18.7 Å². The number of carbonyl (C=O) groups is 2. The van der Waals surface area contributed by atoms with Crippen molar-refractivity contribution in [3.05, 3.63) is 48.4 Å². The van der Waals surface area contributed by atoms with E-state index in [1.54, 1.807) is 36.4 Å². The van der Waals surface area contributed by atoms with Crippen LogP contribution >= 0.6 is 0 Å². The predicted octanol–water partition coefficient (Wildman–Crippen LogP) is 2.86. The first-order chi connectivity index (χ1) is 12.6. The molecule has 7 heteroatoms. The van der Waals surface area contributed by atoms with E-state index in [0.717, 1.165) is 12.8 Å². The van der Waals surface area contributed by atoms with Crippen LogP contribution in [0, 0.1) is 11.3 Å². The average molecular weight is 353 g/mol. The largest absolute Gasteiger partial charge is 0.484 e. The molecule has 2 N–H and O–H groups in total. The number of benzene rings is 1. The van der Waals surface area contributed by atoms with Gasteiger partial charge in [0.05, 0.1) is 12.3 Å². The molecule has 1 aliphatic carbocycles. The Bertz CT molecular complexity index is 818. The van der Waals surface area contributed by atoms with Gasteiger partial charge in [-0.2, -0.15) is 5.26 Å². The van der Waals surface area contributed by atoms with Crippen LogP contribution in [-0.4, -0.2) is 24.0 Å². The van der Waals surface area contributed by atoms with Crippen LogP contribution in [0.5, 0.6) is 5.75 Å². The van der Waals surface area contributed by atoms with Crippen LogP contribution in [0.3, 0.4) is 0 Å². The molecular weight excluding hydrogens is 334 g/mol. The Morgan fingerprint density at radius 2 is 2.04 bits per heavy atom. The van der Waals surface area contributed by atoms with E-state index in [1.165, 1.54) is 6.26 Å². The van der Waals surface area contributed by atoms with E-state index in [4.69, 9.17) is 9.15 Å². The number of nitriles is 1. The summed E-state index contributed by atoms with van der Waals surface area (Å²) in [7, 11) is 0. The summed E-state index contributed by atoms with van der Waals surface area (Å²) in [5, 5.41) is 14.8. The number of hydrogen-bond acceptors (Lipinski definition) is 5. The molecule has 26 heavy (non-hydrogen) atoms. The standard InChI is InChI=1S/C19H19N3O4/c20-13-19(8-1-2-9-19)22-17(23)12-26-15-6-3-5-14(11-15)21-18(24)16-7-4-10-25-16/h3-7,10-11H,1-2,8-9,12H2,(H,21,24)(H,22,23). The minimum atomic E-state index is -0.765. The molecular formula is C19H19N3O4. The number of rotatable bonds is 6. The Balaban J connectivity index is 1.54. The summed E-state index contributed by atoms with van der Waals surface area (Å²) in [5.74, 6) is -0.0653. The van der Waals surface area contributed by atoms with Crippen LogP contribution in [0.15, 0.2) is 47.1 Å². The van der Waals surface area contributed by atoms with Gasteiger partial charge >= 0.3 is 0 Å². The molecule has 1 aromatic heterocycles. The van der Waals surface area contributed by atoms with Crippen LogP contribution in [0.25, 0.3) is 0 Å². The molecule has 7 nitrogen and oxygen atoms in total.